The van der Waals surface area contributed by atoms with Crippen molar-refractivity contribution in [3.8, 4) is 11.3 Å². The number of hydrogen-bond acceptors (Lipinski definition) is 7. The van der Waals surface area contributed by atoms with Gasteiger partial charge in [0.25, 0.3) is 11.1 Å². The molecule has 31 heavy (non-hydrogen) atoms. The van der Waals surface area contributed by atoms with Crippen molar-refractivity contribution in [2.24, 2.45) is 0 Å². The average Bonchev–Trinajstić information content (AvgIpc) is 3.28. The summed E-state index contributed by atoms with van der Waals surface area (Å²) in [7, 11) is 0. The van der Waals surface area contributed by atoms with Crippen molar-refractivity contribution >= 4 is 40.9 Å². The van der Waals surface area contributed by atoms with E-state index in [0.717, 1.165) is 22.2 Å². The Balaban J connectivity index is 1.75. The summed E-state index contributed by atoms with van der Waals surface area (Å²) in [6.07, 6.45) is 1.78. The molecule has 1 aliphatic heterocycles. The number of carboxylic acid groups (broad SMARTS) is 1. The van der Waals surface area contributed by atoms with Gasteiger partial charge in [-0.15, -0.1) is 0 Å². The van der Waals surface area contributed by atoms with Crippen molar-refractivity contribution < 1.29 is 33.4 Å². The predicted molar refractivity (Wildman–Crippen MR) is 114 cm³/mol. The summed E-state index contributed by atoms with van der Waals surface area (Å²) < 4.78 is 10.9. The number of thioether (sulfide) groups is 1. The summed E-state index contributed by atoms with van der Waals surface area (Å²) in [6, 6.07) is 8.02. The van der Waals surface area contributed by atoms with E-state index >= 15 is 0 Å². The van der Waals surface area contributed by atoms with Gasteiger partial charge < -0.3 is 14.3 Å². The Bertz CT molecular complexity index is 1090. The SMILES string of the molecule is CC[C@@H](C)OC(=O)CN1C(=O)S/C(=C\c2ccc(-c3ccc(C(=O)O)cc3C)o2)C1=O. The fourth-order valence-corrected chi connectivity index (χ4v) is 3.71. The summed E-state index contributed by atoms with van der Waals surface area (Å²) in [4.78, 5) is 48.7. The fraction of sp³-hybridized carbons (Fsp3) is 0.273. The van der Waals surface area contributed by atoms with Gasteiger partial charge in [-0.05, 0) is 61.9 Å². The van der Waals surface area contributed by atoms with Crippen LogP contribution in [0, 0.1) is 6.92 Å². The highest BCUT2D eigenvalue weighted by Gasteiger charge is 2.37. The first-order chi connectivity index (χ1) is 14.7. The van der Waals surface area contributed by atoms with E-state index in [1.165, 1.54) is 12.1 Å². The number of aromatic carboxylic acids is 1. The molecular weight excluding hydrogens is 422 g/mol. The predicted octanol–water partition coefficient (Wildman–Crippen LogP) is 4.33. The van der Waals surface area contributed by atoms with Crippen LogP contribution >= 0.6 is 11.8 Å². The third-order valence-electron chi connectivity index (χ3n) is 4.71. The highest BCUT2D eigenvalue weighted by atomic mass is 32.2. The van der Waals surface area contributed by atoms with E-state index in [2.05, 4.69) is 0 Å². The largest absolute Gasteiger partial charge is 0.478 e. The standard InChI is InChI=1S/C22H21NO7S/c1-4-13(3)29-19(24)11-23-20(25)18(31-22(23)28)10-15-6-8-17(30-15)16-7-5-14(21(26)27)9-12(16)2/h5-10,13H,4,11H2,1-3H3,(H,26,27)/b18-10-/t13-/m1/s1. The number of carbonyl (C=O) groups is 4. The molecule has 1 aliphatic rings. The molecule has 1 aromatic carbocycles. The molecule has 2 amide bonds. The van der Waals surface area contributed by atoms with E-state index in [-0.39, 0.29) is 16.6 Å². The van der Waals surface area contributed by atoms with E-state index < -0.39 is 29.6 Å². The lowest BCUT2D eigenvalue weighted by Crippen LogP contribution is -2.35. The topological polar surface area (TPSA) is 114 Å². The van der Waals surface area contributed by atoms with Gasteiger partial charge in [0.2, 0.25) is 0 Å². The highest BCUT2D eigenvalue weighted by Crippen LogP contribution is 2.34. The van der Waals surface area contributed by atoms with Crippen LogP contribution in [0.4, 0.5) is 4.79 Å². The molecule has 0 saturated carbocycles. The Morgan fingerprint density at radius 3 is 2.65 bits per heavy atom. The zero-order valence-electron chi connectivity index (χ0n) is 17.2. The zero-order chi connectivity index (χ0) is 22.7. The second-order valence-electron chi connectivity index (χ2n) is 7.01. The molecule has 1 aromatic heterocycles. The molecule has 3 rings (SSSR count). The van der Waals surface area contributed by atoms with Crippen LogP contribution in [0.25, 0.3) is 17.4 Å². The van der Waals surface area contributed by atoms with Crippen molar-refractivity contribution in [3.05, 3.63) is 52.1 Å². The van der Waals surface area contributed by atoms with Crippen LogP contribution in [-0.4, -0.2) is 45.7 Å². The molecule has 0 aliphatic carbocycles. The van der Waals surface area contributed by atoms with Crippen LogP contribution in [0.1, 0.15) is 41.9 Å². The number of hydrogen-bond donors (Lipinski definition) is 1. The molecule has 0 radical (unpaired) electrons. The maximum absolute atomic E-state index is 12.6. The first-order valence-electron chi connectivity index (χ1n) is 9.58. The minimum atomic E-state index is -1.02. The molecule has 2 aromatic rings. The molecule has 0 unspecified atom stereocenters. The maximum Gasteiger partial charge on any atom is 0.335 e. The fourth-order valence-electron chi connectivity index (χ4n) is 2.89. The molecule has 0 spiro atoms. The van der Waals surface area contributed by atoms with Crippen molar-refractivity contribution in [1.82, 2.24) is 4.90 Å². The quantitative estimate of drug-likeness (QED) is 0.497. The van der Waals surface area contributed by atoms with Gasteiger partial charge in [-0.2, -0.15) is 0 Å². The van der Waals surface area contributed by atoms with Gasteiger partial charge >= 0.3 is 11.9 Å². The van der Waals surface area contributed by atoms with Crippen LogP contribution < -0.4 is 0 Å². The smallest absolute Gasteiger partial charge is 0.335 e. The van der Waals surface area contributed by atoms with E-state index in [1.807, 2.05) is 6.92 Å². The lowest BCUT2D eigenvalue weighted by Gasteiger charge is -2.14. The second-order valence-corrected chi connectivity index (χ2v) is 8.01. The number of furan rings is 1. The Morgan fingerprint density at radius 1 is 1.26 bits per heavy atom. The Kier molecular flexibility index (Phi) is 6.65. The molecule has 2 heterocycles. The molecule has 1 fully saturated rings. The molecular formula is C22H21NO7S. The number of rotatable bonds is 7. The van der Waals surface area contributed by atoms with E-state index in [4.69, 9.17) is 14.3 Å². The van der Waals surface area contributed by atoms with Crippen LogP contribution in [0.5, 0.6) is 0 Å². The van der Waals surface area contributed by atoms with Gasteiger partial charge in [0.1, 0.15) is 18.1 Å². The van der Waals surface area contributed by atoms with Crippen LogP contribution in [0.3, 0.4) is 0 Å². The zero-order valence-corrected chi connectivity index (χ0v) is 18.0. The molecule has 8 nitrogen and oxygen atoms in total. The van der Waals surface area contributed by atoms with Crippen LogP contribution in [0.15, 0.2) is 39.7 Å². The van der Waals surface area contributed by atoms with E-state index in [9.17, 15) is 19.2 Å². The highest BCUT2D eigenvalue weighted by molar-refractivity contribution is 8.18. The van der Waals surface area contributed by atoms with Crippen molar-refractivity contribution in [1.29, 1.82) is 0 Å². The second kappa shape index (κ2) is 9.22. The number of ether oxygens (including phenoxy) is 1. The van der Waals surface area contributed by atoms with Gasteiger partial charge in [-0.1, -0.05) is 13.0 Å². The third-order valence-corrected chi connectivity index (χ3v) is 5.61. The average molecular weight is 443 g/mol. The first-order valence-corrected chi connectivity index (χ1v) is 10.4. The van der Waals surface area contributed by atoms with E-state index in [0.29, 0.717) is 23.5 Å². The molecule has 1 N–H and O–H groups in total. The summed E-state index contributed by atoms with van der Waals surface area (Å²) in [5.41, 5.74) is 1.61. The number of esters is 1. The normalized spacial score (nSPS) is 16.1. The monoisotopic (exact) mass is 443 g/mol. The van der Waals surface area contributed by atoms with Crippen LogP contribution in [0.2, 0.25) is 0 Å². The summed E-state index contributed by atoms with van der Waals surface area (Å²) >= 11 is 0.722. The van der Waals surface area contributed by atoms with Crippen molar-refractivity contribution in [2.45, 2.75) is 33.3 Å². The number of benzene rings is 1. The minimum absolute atomic E-state index is 0.139. The lowest BCUT2D eigenvalue weighted by atomic mass is 10.0. The molecule has 162 valence electrons. The first kappa shape index (κ1) is 22.4. The molecule has 9 heteroatoms. The Hall–Kier alpha value is -3.33. The van der Waals surface area contributed by atoms with Gasteiger partial charge in [-0.25, -0.2) is 4.79 Å². The minimum Gasteiger partial charge on any atom is -0.478 e. The van der Waals surface area contributed by atoms with Gasteiger partial charge in [0.15, 0.2) is 0 Å². The third kappa shape index (κ3) is 5.05. The number of imide groups is 1. The van der Waals surface area contributed by atoms with Gasteiger partial charge in [-0.3, -0.25) is 19.3 Å². The number of carbonyl (C=O) groups excluding carboxylic acids is 3. The van der Waals surface area contributed by atoms with Crippen molar-refractivity contribution in [3.63, 3.8) is 0 Å². The molecule has 1 atom stereocenters. The number of nitrogens with zero attached hydrogens (tertiary/aromatic N) is 1. The van der Waals surface area contributed by atoms with Crippen molar-refractivity contribution in [2.75, 3.05) is 6.54 Å². The van der Waals surface area contributed by atoms with Gasteiger partial charge in [0, 0.05) is 11.6 Å². The lowest BCUT2D eigenvalue weighted by molar-refractivity contribution is -0.150. The Labute approximate surface area is 182 Å². The van der Waals surface area contributed by atoms with Crippen LogP contribution in [-0.2, 0) is 14.3 Å². The number of carboxylic acids is 1. The number of aryl methyl sites for hydroxylation is 1. The summed E-state index contributed by atoms with van der Waals surface area (Å²) in [5, 5.41) is 8.53. The summed E-state index contributed by atoms with van der Waals surface area (Å²) in [5.74, 6) is -1.39. The molecule has 0 bridgehead atoms. The van der Waals surface area contributed by atoms with E-state index in [1.54, 1.807) is 38.1 Å². The maximum atomic E-state index is 12.6. The number of amides is 2. The summed E-state index contributed by atoms with van der Waals surface area (Å²) in [6.45, 7) is 4.93. The van der Waals surface area contributed by atoms with Gasteiger partial charge in [0.05, 0.1) is 16.6 Å². The Morgan fingerprint density at radius 2 is 2.00 bits per heavy atom. The molecule has 1 saturated heterocycles.